The van der Waals surface area contributed by atoms with E-state index < -0.39 is 29.6 Å². The number of hydrogen-bond donors (Lipinski definition) is 1. The van der Waals surface area contributed by atoms with Crippen molar-refractivity contribution in [2.24, 2.45) is 0 Å². The van der Waals surface area contributed by atoms with E-state index in [1.54, 1.807) is 13.8 Å². The van der Waals surface area contributed by atoms with E-state index >= 15 is 0 Å². The van der Waals surface area contributed by atoms with Crippen LogP contribution < -0.4 is 0 Å². The second kappa shape index (κ2) is 7.29. The van der Waals surface area contributed by atoms with Crippen LogP contribution in [0.15, 0.2) is 24.3 Å². The predicted molar refractivity (Wildman–Crippen MR) is 87.2 cm³/mol. The molecule has 1 N–H and O–H groups in total. The molecular formula is C18H18FNO5. The molecule has 0 saturated carbocycles. The summed E-state index contributed by atoms with van der Waals surface area (Å²) in [6, 6.07) is 5.34. The van der Waals surface area contributed by atoms with Gasteiger partial charge in [0.25, 0.3) is 0 Å². The lowest BCUT2D eigenvalue weighted by Crippen LogP contribution is -2.25. The summed E-state index contributed by atoms with van der Waals surface area (Å²) >= 11 is 0. The summed E-state index contributed by atoms with van der Waals surface area (Å²) in [7, 11) is 1.24. The Morgan fingerprint density at radius 1 is 1.12 bits per heavy atom. The Bertz CT molecular complexity index is 840. The fourth-order valence-corrected chi connectivity index (χ4v) is 2.51. The Labute approximate surface area is 143 Å². The number of H-pyrrole nitrogens is 1. The molecule has 0 bridgehead atoms. The maximum absolute atomic E-state index is 13.6. The lowest BCUT2D eigenvalue weighted by molar-refractivity contribution is 0.0312. The predicted octanol–water partition coefficient (Wildman–Crippen LogP) is 2.99. The summed E-state index contributed by atoms with van der Waals surface area (Å²) in [5, 5.41) is 0. The number of rotatable bonds is 5. The van der Waals surface area contributed by atoms with Gasteiger partial charge in [-0.3, -0.25) is 4.79 Å². The van der Waals surface area contributed by atoms with Crippen molar-refractivity contribution in [1.29, 1.82) is 0 Å². The van der Waals surface area contributed by atoms with Gasteiger partial charge < -0.3 is 14.5 Å². The summed E-state index contributed by atoms with van der Waals surface area (Å²) in [5.74, 6) is -2.76. The molecule has 1 aromatic heterocycles. The molecule has 25 heavy (non-hydrogen) atoms. The second-order valence-electron chi connectivity index (χ2n) is 5.51. The van der Waals surface area contributed by atoms with Crippen LogP contribution >= 0.6 is 0 Å². The Morgan fingerprint density at radius 2 is 1.76 bits per heavy atom. The van der Waals surface area contributed by atoms with Gasteiger partial charge in [0.2, 0.25) is 5.78 Å². The molecule has 132 valence electrons. The number of aryl methyl sites for hydroxylation is 1. The first-order valence-corrected chi connectivity index (χ1v) is 7.55. The average Bonchev–Trinajstić information content (AvgIpc) is 2.88. The summed E-state index contributed by atoms with van der Waals surface area (Å²) in [5.41, 5.74) is 1.03. The lowest BCUT2D eigenvalue weighted by atomic mass is 10.1. The van der Waals surface area contributed by atoms with Crippen molar-refractivity contribution in [2.75, 3.05) is 7.11 Å². The molecule has 2 rings (SSSR count). The van der Waals surface area contributed by atoms with Crippen LogP contribution in [0.2, 0.25) is 0 Å². The minimum Gasteiger partial charge on any atom is -0.465 e. The normalized spacial score (nSPS) is 11.7. The third-order valence-corrected chi connectivity index (χ3v) is 3.82. The largest absolute Gasteiger partial charge is 0.465 e. The molecule has 6 nitrogen and oxygen atoms in total. The molecule has 0 fully saturated rings. The third-order valence-electron chi connectivity index (χ3n) is 3.82. The molecule has 0 aliphatic carbocycles. The first-order valence-electron chi connectivity index (χ1n) is 7.55. The lowest BCUT2D eigenvalue weighted by Gasteiger charge is -2.12. The van der Waals surface area contributed by atoms with Crippen LogP contribution in [-0.2, 0) is 9.47 Å². The standard InChI is InChI=1S/C18H18FNO5/c1-9-14(18(23)24-4)10(2)20-15(9)16(21)11(3)25-17(22)12-7-5-6-8-13(12)19/h5-8,11,20H,1-4H3/t11-/m1/s1. The number of ketones is 1. The van der Waals surface area contributed by atoms with E-state index in [2.05, 4.69) is 9.72 Å². The molecule has 0 spiro atoms. The number of halogens is 1. The molecule has 0 unspecified atom stereocenters. The number of methoxy groups -OCH3 is 1. The first-order chi connectivity index (χ1) is 11.8. The number of aromatic nitrogens is 1. The zero-order valence-corrected chi connectivity index (χ0v) is 14.3. The minimum atomic E-state index is -1.16. The topological polar surface area (TPSA) is 85.5 Å². The fourth-order valence-electron chi connectivity index (χ4n) is 2.51. The van der Waals surface area contributed by atoms with E-state index in [1.807, 2.05) is 0 Å². The molecule has 0 amide bonds. The van der Waals surface area contributed by atoms with Crippen LogP contribution in [0.4, 0.5) is 4.39 Å². The van der Waals surface area contributed by atoms with Gasteiger partial charge in [0.1, 0.15) is 5.82 Å². The molecule has 0 aliphatic rings. The maximum Gasteiger partial charge on any atom is 0.341 e. The van der Waals surface area contributed by atoms with E-state index in [1.165, 1.54) is 32.2 Å². The molecule has 1 aromatic carbocycles. The van der Waals surface area contributed by atoms with Crippen molar-refractivity contribution in [3.63, 3.8) is 0 Å². The van der Waals surface area contributed by atoms with Gasteiger partial charge in [-0.2, -0.15) is 0 Å². The summed E-state index contributed by atoms with van der Waals surface area (Å²) in [4.78, 5) is 39.2. The maximum atomic E-state index is 13.6. The van der Waals surface area contributed by atoms with E-state index in [9.17, 15) is 18.8 Å². The van der Waals surface area contributed by atoms with E-state index in [4.69, 9.17) is 4.74 Å². The third kappa shape index (κ3) is 3.60. The van der Waals surface area contributed by atoms with E-state index in [-0.39, 0.29) is 16.8 Å². The number of hydrogen-bond acceptors (Lipinski definition) is 5. The minimum absolute atomic E-state index is 0.145. The van der Waals surface area contributed by atoms with Crippen molar-refractivity contribution < 1.29 is 28.2 Å². The Hall–Kier alpha value is -2.96. The molecule has 2 aromatic rings. The van der Waals surface area contributed by atoms with Gasteiger partial charge in [0.05, 0.1) is 23.9 Å². The van der Waals surface area contributed by atoms with Crippen molar-refractivity contribution >= 4 is 17.7 Å². The van der Waals surface area contributed by atoms with Gasteiger partial charge in [-0.05, 0) is 38.5 Å². The zero-order chi connectivity index (χ0) is 18.7. The van der Waals surface area contributed by atoms with Crippen molar-refractivity contribution in [2.45, 2.75) is 26.9 Å². The average molecular weight is 347 g/mol. The molecule has 7 heteroatoms. The Kier molecular flexibility index (Phi) is 5.36. The number of nitrogens with one attached hydrogen (secondary N) is 1. The van der Waals surface area contributed by atoms with Gasteiger partial charge in [-0.15, -0.1) is 0 Å². The summed E-state index contributed by atoms with van der Waals surface area (Å²) in [6.45, 7) is 4.61. The molecule has 1 atom stereocenters. The van der Waals surface area contributed by atoms with Gasteiger partial charge >= 0.3 is 11.9 Å². The Morgan fingerprint density at radius 3 is 2.36 bits per heavy atom. The first kappa shape index (κ1) is 18.4. The monoisotopic (exact) mass is 347 g/mol. The van der Waals surface area contributed by atoms with Crippen molar-refractivity contribution in [3.05, 3.63) is 58.2 Å². The highest BCUT2D eigenvalue weighted by Gasteiger charge is 2.28. The van der Waals surface area contributed by atoms with E-state index in [0.717, 1.165) is 6.07 Å². The number of benzene rings is 1. The summed E-state index contributed by atoms with van der Waals surface area (Å²) < 4.78 is 23.4. The number of carbonyl (C=O) groups is 3. The van der Waals surface area contributed by atoms with Crippen molar-refractivity contribution in [3.8, 4) is 0 Å². The number of Topliss-reactive ketones (excluding diaryl/α,β-unsaturated/α-hetero) is 1. The second-order valence-corrected chi connectivity index (χ2v) is 5.51. The quantitative estimate of drug-likeness (QED) is 0.664. The smallest absolute Gasteiger partial charge is 0.341 e. The zero-order valence-electron chi connectivity index (χ0n) is 14.3. The van der Waals surface area contributed by atoms with Crippen LogP contribution in [0.1, 0.15) is 49.4 Å². The number of esters is 2. The van der Waals surface area contributed by atoms with E-state index in [0.29, 0.717) is 11.3 Å². The van der Waals surface area contributed by atoms with Gasteiger partial charge in [-0.25, -0.2) is 14.0 Å². The van der Waals surface area contributed by atoms with Crippen LogP contribution in [-0.4, -0.2) is 35.9 Å². The number of carbonyl (C=O) groups excluding carboxylic acids is 3. The van der Waals surface area contributed by atoms with Crippen LogP contribution in [0.25, 0.3) is 0 Å². The van der Waals surface area contributed by atoms with Gasteiger partial charge in [0.15, 0.2) is 6.10 Å². The van der Waals surface area contributed by atoms with Gasteiger partial charge in [0, 0.05) is 5.69 Å². The molecule has 0 radical (unpaired) electrons. The highest BCUT2D eigenvalue weighted by molar-refractivity contribution is 6.04. The fraction of sp³-hybridized carbons (Fsp3) is 0.278. The molecule has 0 aliphatic heterocycles. The molecule has 0 saturated heterocycles. The highest BCUT2D eigenvalue weighted by atomic mass is 19.1. The van der Waals surface area contributed by atoms with Crippen LogP contribution in [0.5, 0.6) is 0 Å². The number of ether oxygens (including phenoxy) is 2. The van der Waals surface area contributed by atoms with Crippen LogP contribution in [0, 0.1) is 19.7 Å². The highest BCUT2D eigenvalue weighted by Crippen LogP contribution is 2.21. The molecular weight excluding hydrogens is 329 g/mol. The molecule has 1 heterocycles. The van der Waals surface area contributed by atoms with Crippen LogP contribution in [0.3, 0.4) is 0 Å². The summed E-state index contributed by atoms with van der Waals surface area (Å²) in [6.07, 6.45) is -1.16. The van der Waals surface area contributed by atoms with Crippen molar-refractivity contribution in [1.82, 2.24) is 4.98 Å². The SMILES string of the molecule is COC(=O)c1c(C)[nH]c(C(=O)[C@@H](C)OC(=O)c2ccccc2F)c1C. The van der Waals surface area contributed by atoms with Gasteiger partial charge in [-0.1, -0.05) is 12.1 Å². The Balaban J connectivity index is 2.22. The number of aromatic amines is 1.